The summed E-state index contributed by atoms with van der Waals surface area (Å²) in [6.07, 6.45) is 5.50. The normalized spacial score (nSPS) is 12.9. The van der Waals surface area contributed by atoms with Crippen molar-refractivity contribution in [3.63, 3.8) is 0 Å². The Bertz CT molecular complexity index is 1030. The van der Waals surface area contributed by atoms with Crippen LogP contribution in [-0.2, 0) is 29.1 Å². The molecule has 1 N–H and O–H groups in total. The van der Waals surface area contributed by atoms with Crippen molar-refractivity contribution < 1.29 is 14.0 Å². The lowest BCUT2D eigenvalue weighted by atomic mass is 10.1. The Morgan fingerprint density at radius 2 is 1.68 bits per heavy atom. The zero-order valence-electron chi connectivity index (χ0n) is 17.1. The molecule has 0 unspecified atom stereocenters. The smallest absolute Gasteiger partial charge is 0.230 e. The molecule has 4 rings (SSSR count). The van der Waals surface area contributed by atoms with Gasteiger partial charge in [0.25, 0.3) is 0 Å². The second kappa shape index (κ2) is 9.51. The van der Waals surface area contributed by atoms with Crippen LogP contribution in [-0.4, -0.2) is 16.8 Å². The molecule has 0 bridgehead atoms. The van der Waals surface area contributed by atoms with Gasteiger partial charge in [-0.15, -0.1) is 0 Å². The molecule has 1 saturated carbocycles. The van der Waals surface area contributed by atoms with Gasteiger partial charge in [-0.1, -0.05) is 30.3 Å². The average molecular weight is 417 g/mol. The van der Waals surface area contributed by atoms with E-state index in [1.165, 1.54) is 12.1 Å². The Morgan fingerprint density at radius 3 is 2.32 bits per heavy atom. The van der Waals surface area contributed by atoms with Gasteiger partial charge < -0.3 is 10.2 Å². The molecule has 1 heterocycles. The van der Waals surface area contributed by atoms with Crippen LogP contribution in [0, 0.1) is 11.7 Å². The first-order chi connectivity index (χ1) is 15.1. The molecule has 0 spiro atoms. The number of hydrogen-bond donors (Lipinski definition) is 1. The maximum absolute atomic E-state index is 13.2. The fourth-order valence-electron chi connectivity index (χ4n) is 3.36. The van der Waals surface area contributed by atoms with Gasteiger partial charge in [-0.3, -0.25) is 14.6 Å². The molecule has 1 fully saturated rings. The lowest BCUT2D eigenvalue weighted by Gasteiger charge is -2.23. The number of carbonyl (C=O) groups is 2. The Hall–Kier alpha value is -3.54. The molecule has 1 aliphatic carbocycles. The lowest BCUT2D eigenvalue weighted by Crippen LogP contribution is -2.31. The number of pyridine rings is 1. The van der Waals surface area contributed by atoms with Crippen molar-refractivity contribution in [3.05, 3.63) is 95.6 Å². The molecule has 6 heteroatoms. The van der Waals surface area contributed by atoms with Crippen LogP contribution in [0.5, 0.6) is 0 Å². The molecular formula is C25H24FN3O2. The van der Waals surface area contributed by atoms with Crippen LogP contribution >= 0.6 is 0 Å². The van der Waals surface area contributed by atoms with Crippen LogP contribution in [0.25, 0.3) is 0 Å². The fourth-order valence-corrected chi connectivity index (χ4v) is 3.36. The van der Waals surface area contributed by atoms with E-state index in [9.17, 15) is 14.0 Å². The van der Waals surface area contributed by atoms with Crippen LogP contribution in [0.2, 0.25) is 0 Å². The Kier molecular flexibility index (Phi) is 6.36. The van der Waals surface area contributed by atoms with Crippen molar-refractivity contribution in [1.82, 2.24) is 10.3 Å². The highest BCUT2D eigenvalue weighted by Gasteiger charge is 2.34. The SMILES string of the molecule is O=C(Cc1ccc(N(Cc2ccc(F)cc2)C(=O)C2CC2)cc1)NCc1cccnc1. The maximum Gasteiger partial charge on any atom is 0.230 e. The number of carbonyl (C=O) groups excluding carboxylic acids is 2. The van der Waals surface area contributed by atoms with Gasteiger partial charge in [0, 0.05) is 30.5 Å². The van der Waals surface area contributed by atoms with Gasteiger partial charge in [0.1, 0.15) is 5.82 Å². The van der Waals surface area contributed by atoms with Crippen LogP contribution in [0.1, 0.15) is 29.5 Å². The molecule has 158 valence electrons. The third-order valence-corrected chi connectivity index (χ3v) is 5.27. The monoisotopic (exact) mass is 417 g/mol. The molecule has 31 heavy (non-hydrogen) atoms. The number of halogens is 1. The Balaban J connectivity index is 1.40. The minimum Gasteiger partial charge on any atom is -0.352 e. The number of rotatable bonds is 8. The number of benzene rings is 2. The molecule has 0 radical (unpaired) electrons. The van der Waals surface area contributed by atoms with E-state index in [4.69, 9.17) is 0 Å². The first kappa shape index (κ1) is 20.7. The van der Waals surface area contributed by atoms with Gasteiger partial charge in [-0.2, -0.15) is 0 Å². The molecule has 0 atom stereocenters. The fraction of sp³-hybridized carbons (Fsp3) is 0.240. The van der Waals surface area contributed by atoms with Crippen LogP contribution in [0.15, 0.2) is 73.1 Å². The van der Waals surface area contributed by atoms with Crippen molar-refractivity contribution in [3.8, 4) is 0 Å². The first-order valence-corrected chi connectivity index (χ1v) is 10.4. The van der Waals surface area contributed by atoms with Crippen LogP contribution in [0.4, 0.5) is 10.1 Å². The summed E-state index contributed by atoms with van der Waals surface area (Å²) in [5.74, 6) is -0.214. The summed E-state index contributed by atoms with van der Waals surface area (Å²) in [4.78, 5) is 30.9. The van der Waals surface area contributed by atoms with Gasteiger partial charge >= 0.3 is 0 Å². The molecule has 2 amide bonds. The lowest BCUT2D eigenvalue weighted by molar-refractivity contribution is -0.121. The summed E-state index contributed by atoms with van der Waals surface area (Å²) in [5.41, 5.74) is 3.46. The van der Waals surface area contributed by atoms with E-state index in [2.05, 4.69) is 10.3 Å². The molecule has 2 aromatic carbocycles. The van der Waals surface area contributed by atoms with Gasteiger partial charge in [-0.05, 0) is 59.9 Å². The summed E-state index contributed by atoms with van der Waals surface area (Å²) in [6.45, 7) is 0.826. The average Bonchev–Trinajstić information content (AvgIpc) is 3.64. The second-order valence-corrected chi connectivity index (χ2v) is 7.81. The van der Waals surface area contributed by atoms with Crippen molar-refractivity contribution in [2.24, 2.45) is 5.92 Å². The number of aromatic nitrogens is 1. The molecule has 5 nitrogen and oxygen atoms in total. The van der Waals surface area contributed by atoms with Gasteiger partial charge in [0.15, 0.2) is 0 Å². The first-order valence-electron chi connectivity index (χ1n) is 10.4. The molecule has 0 aliphatic heterocycles. The predicted molar refractivity (Wildman–Crippen MR) is 117 cm³/mol. The van der Waals surface area contributed by atoms with Gasteiger partial charge in [0.2, 0.25) is 11.8 Å². The van der Waals surface area contributed by atoms with E-state index in [-0.39, 0.29) is 30.0 Å². The molecule has 1 aromatic heterocycles. The minimum atomic E-state index is -0.296. The quantitative estimate of drug-likeness (QED) is 0.602. The number of hydrogen-bond acceptors (Lipinski definition) is 3. The van der Waals surface area contributed by atoms with E-state index in [0.717, 1.165) is 35.2 Å². The van der Waals surface area contributed by atoms with Crippen molar-refractivity contribution >= 4 is 17.5 Å². The highest BCUT2D eigenvalue weighted by Crippen LogP contribution is 2.33. The van der Waals surface area contributed by atoms with Crippen LogP contribution < -0.4 is 10.2 Å². The van der Waals surface area contributed by atoms with Crippen molar-refractivity contribution in [2.45, 2.75) is 32.4 Å². The third-order valence-electron chi connectivity index (χ3n) is 5.27. The molecule has 1 aliphatic rings. The highest BCUT2D eigenvalue weighted by molar-refractivity contribution is 5.96. The predicted octanol–water partition coefficient (Wildman–Crippen LogP) is 4.02. The van der Waals surface area contributed by atoms with Crippen molar-refractivity contribution in [2.75, 3.05) is 4.90 Å². The summed E-state index contributed by atoms with van der Waals surface area (Å²) < 4.78 is 13.2. The molecular weight excluding hydrogens is 393 g/mol. The highest BCUT2D eigenvalue weighted by atomic mass is 19.1. The molecule has 0 saturated heterocycles. The second-order valence-electron chi connectivity index (χ2n) is 7.81. The summed E-state index contributed by atoms with van der Waals surface area (Å²) >= 11 is 0. The topological polar surface area (TPSA) is 62.3 Å². The summed E-state index contributed by atoms with van der Waals surface area (Å²) in [6, 6.07) is 17.4. The summed E-state index contributed by atoms with van der Waals surface area (Å²) in [7, 11) is 0. The standard InChI is InChI=1S/C25H24FN3O2/c26-22-9-3-19(4-10-22)17-29(25(31)21-7-8-21)23-11-5-18(6-12-23)14-24(30)28-16-20-2-1-13-27-15-20/h1-6,9-13,15,21H,7-8,14,16-17H2,(H,28,30). The van der Waals surface area contributed by atoms with E-state index in [1.807, 2.05) is 36.4 Å². The number of nitrogens with zero attached hydrogens (tertiary/aromatic N) is 2. The van der Waals surface area contributed by atoms with Gasteiger partial charge in [-0.25, -0.2) is 4.39 Å². The largest absolute Gasteiger partial charge is 0.352 e. The van der Waals surface area contributed by atoms with E-state index in [1.54, 1.807) is 29.4 Å². The van der Waals surface area contributed by atoms with E-state index in [0.29, 0.717) is 13.1 Å². The third kappa shape index (κ3) is 5.75. The Morgan fingerprint density at radius 1 is 0.968 bits per heavy atom. The van der Waals surface area contributed by atoms with Crippen LogP contribution in [0.3, 0.4) is 0 Å². The van der Waals surface area contributed by atoms with Crippen molar-refractivity contribution in [1.29, 1.82) is 0 Å². The number of anilines is 1. The van der Waals surface area contributed by atoms with E-state index >= 15 is 0 Å². The van der Waals surface area contributed by atoms with Gasteiger partial charge in [0.05, 0.1) is 13.0 Å². The number of nitrogens with one attached hydrogen (secondary N) is 1. The zero-order chi connectivity index (χ0) is 21.6. The van der Waals surface area contributed by atoms with E-state index < -0.39 is 0 Å². The minimum absolute atomic E-state index is 0.0679. The Labute approximate surface area is 180 Å². The maximum atomic E-state index is 13.2. The zero-order valence-corrected chi connectivity index (χ0v) is 17.1. The number of amides is 2. The summed E-state index contributed by atoms with van der Waals surface area (Å²) in [5, 5.41) is 2.89. The molecule has 3 aromatic rings.